The number of carbonyl (C=O) groups excluding carboxylic acids is 4. The Hall–Kier alpha value is -6.38. The van der Waals surface area contributed by atoms with Gasteiger partial charge in [0.25, 0.3) is 5.91 Å². The summed E-state index contributed by atoms with van der Waals surface area (Å²) in [5.41, 5.74) is 2.26. The summed E-state index contributed by atoms with van der Waals surface area (Å²) in [6.07, 6.45) is 1.60. The number of nitrogens with one attached hydrogen (secondary N) is 5. The lowest BCUT2D eigenvalue weighted by Gasteiger charge is -2.21. The Balaban J connectivity index is 1.87. The van der Waals surface area contributed by atoms with Crippen LogP contribution in [0, 0.1) is 11.2 Å². The van der Waals surface area contributed by atoms with E-state index in [-0.39, 0.29) is 48.1 Å². The van der Waals surface area contributed by atoms with E-state index in [1.807, 2.05) is 19.9 Å². The van der Waals surface area contributed by atoms with Crippen LogP contribution in [0.3, 0.4) is 0 Å². The van der Waals surface area contributed by atoms with E-state index in [0.29, 0.717) is 40.5 Å². The Kier molecular flexibility index (Phi) is 16.9. The number of esters is 1. The summed E-state index contributed by atoms with van der Waals surface area (Å²) in [7, 11) is 0. The number of hydrogen-bond acceptors (Lipinski definition) is 11. The average molecular weight is 776 g/mol. The molecule has 0 aliphatic carbocycles. The van der Waals surface area contributed by atoms with Gasteiger partial charge in [0.15, 0.2) is 18.1 Å². The molecule has 56 heavy (non-hydrogen) atoms. The molecule has 0 fully saturated rings. The minimum absolute atomic E-state index is 0.0116. The maximum absolute atomic E-state index is 14.6. The molecule has 0 saturated heterocycles. The first-order valence-electron chi connectivity index (χ1n) is 18.0. The standard InChI is InChI=1S/C41H50FN5O9/c1-9-26(7)55-40(50)44-18-17-28-19-30(37(35(20-28)53-24(3)4)52-23-36(48)54-25(5)6)22-45-34-16-13-31(42)21-33(34)39(49)46-32-14-11-29(12-15-32)38(43)47-41(51)56-27(8)10-2/h9-16,19-21,24-25,45H,17-18,22-23H2,1-8H3,(H,44,50)(H,46,49)(H2,43,47,51)/b26-9-,27-10-. The molecular weight excluding hydrogens is 725 g/mol. The number of anilines is 2. The highest BCUT2D eigenvalue weighted by Gasteiger charge is 2.20. The first-order chi connectivity index (χ1) is 26.6. The molecule has 0 atom stereocenters. The lowest BCUT2D eigenvalue weighted by Crippen LogP contribution is -2.30. The van der Waals surface area contributed by atoms with E-state index in [9.17, 15) is 23.6 Å². The number of alkyl carbamates (subject to hydrolysis) is 2. The zero-order valence-electron chi connectivity index (χ0n) is 32.9. The minimum Gasteiger partial charge on any atom is -0.487 e. The van der Waals surface area contributed by atoms with Gasteiger partial charge in [-0.3, -0.25) is 15.5 Å². The van der Waals surface area contributed by atoms with Crippen LogP contribution in [0.25, 0.3) is 0 Å². The van der Waals surface area contributed by atoms with Gasteiger partial charge in [0.2, 0.25) is 0 Å². The Morgan fingerprint density at radius 3 is 2.14 bits per heavy atom. The molecule has 15 heteroatoms. The summed E-state index contributed by atoms with van der Waals surface area (Å²) in [6, 6.07) is 13.4. The zero-order valence-corrected chi connectivity index (χ0v) is 32.9. The molecular formula is C41H50FN5O9. The fourth-order valence-electron chi connectivity index (χ4n) is 4.85. The molecule has 0 unspecified atom stereocenters. The number of amides is 3. The molecule has 0 radical (unpaired) electrons. The Bertz CT molecular complexity index is 1940. The molecule has 300 valence electrons. The van der Waals surface area contributed by atoms with Crippen LogP contribution in [0.4, 0.5) is 25.4 Å². The molecule has 0 aliphatic rings. The van der Waals surface area contributed by atoms with Gasteiger partial charge in [-0.2, -0.15) is 0 Å². The molecule has 3 aromatic carbocycles. The molecule has 3 rings (SSSR count). The summed E-state index contributed by atoms with van der Waals surface area (Å²) < 4.78 is 42.1. The van der Waals surface area contributed by atoms with Crippen molar-refractivity contribution in [3.05, 3.63) is 106 Å². The van der Waals surface area contributed by atoms with Gasteiger partial charge in [0.1, 0.15) is 23.2 Å². The van der Waals surface area contributed by atoms with Crippen molar-refractivity contribution in [1.29, 1.82) is 5.41 Å². The Labute approximate surface area is 326 Å². The molecule has 5 N–H and O–H groups in total. The van der Waals surface area contributed by atoms with Crippen LogP contribution >= 0.6 is 0 Å². The monoisotopic (exact) mass is 775 g/mol. The van der Waals surface area contributed by atoms with Gasteiger partial charge in [0, 0.05) is 35.6 Å². The Morgan fingerprint density at radius 2 is 1.52 bits per heavy atom. The Morgan fingerprint density at radius 1 is 0.857 bits per heavy atom. The average Bonchev–Trinajstić information content (AvgIpc) is 3.13. The second kappa shape index (κ2) is 21.5. The van der Waals surface area contributed by atoms with E-state index in [2.05, 4.69) is 21.3 Å². The van der Waals surface area contributed by atoms with Crippen LogP contribution in [-0.4, -0.2) is 55.3 Å². The van der Waals surface area contributed by atoms with E-state index in [4.69, 9.17) is 29.1 Å². The van der Waals surface area contributed by atoms with Crippen LogP contribution in [0.2, 0.25) is 0 Å². The van der Waals surface area contributed by atoms with Crippen molar-refractivity contribution in [3.63, 3.8) is 0 Å². The fourth-order valence-corrected chi connectivity index (χ4v) is 4.85. The summed E-state index contributed by atoms with van der Waals surface area (Å²) >= 11 is 0. The van der Waals surface area contributed by atoms with Gasteiger partial charge in [-0.25, -0.2) is 18.8 Å². The quantitative estimate of drug-likeness (QED) is 0.0296. The third kappa shape index (κ3) is 14.5. The normalized spacial score (nSPS) is 11.4. The number of allylic oxidation sites excluding steroid dienone is 4. The third-order valence-corrected chi connectivity index (χ3v) is 7.61. The number of carbonyl (C=O) groups is 4. The summed E-state index contributed by atoms with van der Waals surface area (Å²) in [6.45, 7) is 13.7. The van der Waals surface area contributed by atoms with Crippen molar-refractivity contribution in [2.24, 2.45) is 0 Å². The SMILES string of the molecule is C/C=C(/C)OC(=O)NCCc1cc(CNc2ccc(F)cc2C(=O)Nc2ccc(C(=N)NC(=O)O/C(C)=C\C)cc2)c(OCC(=O)OC(C)C)c(OC(C)C)c1. The van der Waals surface area contributed by atoms with Gasteiger partial charge in [-0.15, -0.1) is 0 Å². The van der Waals surface area contributed by atoms with E-state index < -0.39 is 36.5 Å². The van der Waals surface area contributed by atoms with Crippen LogP contribution in [0.5, 0.6) is 11.5 Å². The first kappa shape index (κ1) is 44.0. The third-order valence-electron chi connectivity index (χ3n) is 7.61. The lowest BCUT2D eigenvalue weighted by molar-refractivity contribution is -0.149. The van der Waals surface area contributed by atoms with Gasteiger partial charge in [0.05, 0.1) is 17.8 Å². The van der Waals surface area contributed by atoms with Crippen molar-refractivity contribution >= 4 is 41.3 Å². The fraction of sp³-hybridized carbons (Fsp3) is 0.341. The molecule has 0 bridgehead atoms. The first-order valence-corrected chi connectivity index (χ1v) is 18.0. The summed E-state index contributed by atoms with van der Waals surface area (Å²) in [5, 5.41) is 19.1. The predicted molar refractivity (Wildman–Crippen MR) is 211 cm³/mol. The van der Waals surface area contributed by atoms with Gasteiger partial charge in [-0.05, 0) is 134 Å². The van der Waals surface area contributed by atoms with Crippen molar-refractivity contribution in [2.45, 2.75) is 80.6 Å². The van der Waals surface area contributed by atoms with Gasteiger partial charge in [-0.1, -0.05) is 0 Å². The number of benzene rings is 3. The molecule has 3 aromatic rings. The van der Waals surface area contributed by atoms with Crippen molar-refractivity contribution in [3.8, 4) is 11.5 Å². The maximum Gasteiger partial charge on any atom is 0.417 e. The van der Waals surface area contributed by atoms with Crippen LogP contribution in [0.15, 0.2) is 78.3 Å². The number of hydrogen-bond donors (Lipinski definition) is 5. The topological polar surface area (TPSA) is 186 Å². The smallest absolute Gasteiger partial charge is 0.417 e. The molecule has 0 aliphatic heterocycles. The van der Waals surface area contributed by atoms with Crippen molar-refractivity contribution in [1.82, 2.24) is 10.6 Å². The van der Waals surface area contributed by atoms with Crippen molar-refractivity contribution in [2.75, 3.05) is 23.8 Å². The van der Waals surface area contributed by atoms with Crippen LogP contribution in [-0.2, 0) is 32.0 Å². The van der Waals surface area contributed by atoms with E-state index in [1.54, 1.807) is 59.8 Å². The van der Waals surface area contributed by atoms with Crippen molar-refractivity contribution < 1.29 is 47.3 Å². The number of ether oxygens (including phenoxy) is 5. The largest absolute Gasteiger partial charge is 0.487 e. The van der Waals surface area contributed by atoms with Gasteiger partial charge >= 0.3 is 18.2 Å². The highest BCUT2D eigenvalue weighted by atomic mass is 19.1. The maximum atomic E-state index is 14.6. The zero-order chi connectivity index (χ0) is 41.4. The van der Waals surface area contributed by atoms with Gasteiger partial charge < -0.3 is 39.6 Å². The highest BCUT2D eigenvalue weighted by molar-refractivity contribution is 6.09. The predicted octanol–water partition coefficient (Wildman–Crippen LogP) is 7.98. The minimum atomic E-state index is -0.814. The second-order valence-corrected chi connectivity index (χ2v) is 12.9. The van der Waals surface area contributed by atoms with Crippen LogP contribution in [0.1, 0.15) is 82.4 Å². The second-order valence-electron chi connectivity index (χ2n) is 12.9. The molecule has 3 amide bonds. The summed E-state index contributed by atoms with van der Waals surface area (Å²) in [4.78, 5) is 50.2. The molecule has 0 heterocycles. The number of amidine groups is 1. The lowest BCUT2D eigenvalue weighted by atomic mass is 10.0. The van der Waals surface area contributed by atoms with E-state index >= 15 is 0 Å². The molecule has 14 nitrogen and oxygen atoms in total. The van der Waals surface area contributed by atoms with E-state index in [1.165, 1.54) is 36.4 Å². The van der Waals surface area contributed by atoms with E-state index in [0.717, 1.165) is 11.6 Å². The van der Waals surface area contributed by atoms with Crippen LogP contribution < -0.4 is 30.7 Å². The molecule has 0 aromatic heterocycles. The molecule has 0 spiro atoms. The molecule has 0 saturated carbocycles. The number of halogens is 1. The highest BCUT2D eigenvalue weighted by Crippen LogP contribution is 2.35. The number of rotatable bonds is 17. The summed E-state index contributed by atoms with van der Waals surface area (Å²) in [5.74, 6) is -0.644.